The molecule has 1 nitrogen and oxygen atoms in total. The zero-order valence-electron chi connectivity index (χ0n) is 11.8. The van der Waals surface area contributed by atoms with Crippen LogP contribution in [0.15, 0.2) is 24.3 Å². The molecule has 0 bridgehead atoms. The molecule has 20 heavy (non-hydrogen) atoms. The smallest absolute Gasteiger partial charge is 0.314 e. The van der Waals surface area contributed by atoms with Crippen molar-refractivity contribution in [2.75, 3.05) is 6.54 Å². The van der Waals surface area contributed by atoms with Crippen molar-refractivity contribution in [3.8, 4) is 0 Å². The highest BCUT2D eigenvalue weighted by Crippen LogP contribution is 2.32. The zero-order valence-corrected chi connectivity index (χ0v) is 11.8. The number of benzene rings is 1. The summed E-state index contributed by atoms with van der Waals surface area (Å²) in [4.78, 5) is 0. The van der Waals surface area contributed by atoms with Crippen molar-refractivity contribution in [3.05, 3.63) is 41.2 Å². The molecule has 0 radical (unpaired) electrons. The molecule has 0 amide bonds. The van der Waals surface area contributed by atoms with E-state index in [0.717, 1.165) is 30.7 Å². The molecule has 0 aliphatic rings. The Balaban J connectivity index is 2.77. The Labute approximate surface area is 116 Å². The summed E-state index contributed by atoms with van der Waals surface area (Å²) in [5.41, 5.74) is 0.0127. The molecule has 0 heterocycles. The van der Waals surface area contributed by atoms with E-state index in [4.69, 9.17) is 0 Å². The van der Waals surface area contributed by atoms with E-state index in [-0.39, 0.29) is 0 Å². The predicted octanol–water partition coefficient (Wildman–Crippen LogP) is 4.64. The van der Waals surface area contributed by atoms with Gasteiger partial charge in [0.2, 0.25) is 0 Å². The lowest BCUT2D eigenvalue weighted by atomic mass is 10.0. The van der Waals surface area contributed by atoms with Gasteiger partial charge < -0.3 is 5.32 Å². The summed E-state index contributed by atoms with van der Waals surface area (Å²) in [6.45, 7) is 6.60. The van der Waals surface area contributed by atoms with Crippen molar-refractivity contribution >= 4 is 5.57 Å². The van der Waals surface area contributed by atoms with E-state index in [1.54, 1.807) is 6.92 Å². The van der Waals surface area contributed by atoms with Crippen molar-refractivity contribution in [2.24, 2.45) is 0 Å². The van der Waals surface area contributed by atoms with Crippen LogP contribution < -0.4 is 5.32 Å². The van der Waals surface area contributed by atoms with Crippen LogP contribution in [0.2, 0.25) is 0 Å². The van der Waals surface area contributed by atoms with E-state index in [9.17, 15) is 17.6 Å². The van der Waals surface area contributed by atoms with Crippen LogP contribution in [0.5, 0.6) is 0 Å². The molecule has 0 aromatic heterocycles. The highest BCUT2D eigenvalue weighted by Gasteiger charge is 2.33. The fraction of sp³-hybridized carbons (Fsp3) is 0.467. The van der Waals surface area contributed by atoms with Gasteiger partial charge in [-0.15, -0.1) is 0 Å². The SMILES string of the molecule is C/C(=C/CCNC(C)C)c1ccc(C(F)(F)F)c(F)c1. The van der Waals surface area contributed by atoms with Crippen LogP contribution >= 0.6 is 0 Å². The molecule has 0 aliphatic heterocycles. The summed E-state index contributed by atoms with van der Waals surface area (Å²) in [5.74, 6) is -1.23. The van der Waals surface area contributed by atoms with Crippen LogP contribution in [0.3, 0.4) is 0 Å². The fourth-order valence-electron chi connectivity index (χ4n) is 1.77. The Morgan fingerprint density at radius 1 is 1.30 bits per heavy atom. The topological polar surface area (TPSA) is 12.0 Å². The number of halogens is 4. The molecule has 0 spiro atoms. The van der Waals surface area contributed by atoms with Gasteiger partial charge in [0.15, 0.2) is 0 Å². The van der Waals surface area contributed by atoms with Crippen molar-refractivity contribution in [1.29, 1.82) is 0 Å². The first kappa shape index (κ1) is 16.7. The van der Waals surface area contributed by atoms with Crippen LogP contribution in [-0.4, -0.2) is 12.6 Å². The Morgan fingerprint density at radius 2 is 1.95 bits per heavy atom. The lowest BCUT2D eigenvalue weighted by molar-refractivity contribution is -0.140. The van der Waals surface area contributed by atoms with E-state index in [1.807, 2.05) is 19.9 Å². The molecular weight excluding hydrogens is 270 g/mol. The van der Waals surface area contributed by atoms with E-state index >= 15 is 0 Å². The molecule has 0 unspecified atom stereocenters. The lowest BCUT2D eigenvalue weighted by Gasteiger charge is -2.10. The third kappa shape index (κ3) is 4.96. The van der Waals surface area contributed by atoms with Crippen molar-refractivity contribution in [1.82, 2.24) is 5.32 Å². The molecule has 0 aliphatic carbocycles. The van der Waals surface area contributed by atoms with Crippen molar-refractivity contribution in [2.45, 2.75) is 39.4 Å². The molecule has 5 heteroatoms. The summed E-state index contributed by atoms with van der Waals surface area (Å²) in [6.07, 6.45) is -2.02. The number of nitrogens with one attached hydrogen (secondary N) is 1. The summed E-state index contributed by atoms with van der Waals surface area (Å²) in [7, 11) is 0. The molecule has 112 valence electrons. The molecule has 1 rings (SSSR count). The van der Waals surface area contributed by atoms with Gasteiger partial charge >= 0.3 is 6.18 Å². The molecule has 0 saturated carbocycles. The summed E-state index contributed by atoms with van der Waals surface area (Å²) >= 11 is 0. The number of rotatable bonds is 5. The minimum absolute atomic E-state index is 0.382. The first-order valence-corrected chi connectivity index (χ1v) is 6.49. The third-order valence-corrected chi connectivity index (χ3v) is 2.88. The number of hydrogen-bond acceptors (Lipinski definition) is 1. The van der Waals surface area contributed by atoms with Crippen molar-refractivity contribution < 1.29 is 17.6 Å². The van der Waals surface area contributed by atoms with Crippen molar-refractivity contribution in [3.63, 3.8) is 0 Å². The van der Waals surface area contributed by atoms with Crippen LogP contribution in [0.25, 0.3) is 5.57 Å². The number of allylic oxidation sites excluding steroid dienone is 1. The maximum atomic E-state index is 13.4. The first-order valence-electron chi connectivity index (χ1n) is 6.49. The molecule has 1 aromatic carbocycles. The van der Waals surface area contributed by atoms with Crippen LogP contribution in [0.4, 0.5) is 17.6 Å². The van der Waals surface area contributed by atoms with Crippen LogP contribution in [0, 0.1) is 5.82 Å². The van der Waals surface area contributed by atoms with Gasteiger partial charge in [-0.3, -0.25) is 0 Å². The second kappa shape index (κ2) is 6.88. The standard InChI is InChI=1S/C15H19F4N/c1-10(2)20-8-4-5-11(3)12-6-7-13(14(16)9-12)15(17,18)19/h5-7,9-10,20H,4,8H2,1-3H3/b11-5-. The first-order chi connectivity index (χ1) is 9.21. The zero-order chi connectivity index (χ0) is 15.3. The monoisotopic (exact) mass is 289 g/mol. The predicted molar refractivity (Wildman–Crippen MR) is 72.8 cm³/mol. The van der Waals surface area contributed by atoms with E-state index in [2.05, 4.69) is 5.32 Å². The maximum Gasteiger partial charge on any atom is 0.419 e. The van der Waals surface area contributed by atoms with Gasteiger partial charge in [0.05, 0.1) is 5.56 Å². The highest BCUT2D eigenvalue weighted by atomic mass is 19.4. The van der Waals surface area contributed by atoms with Gasteiger partial charge in [0, 0.05) is 6.04 Å². The Hall–Kier alpha value is -1.36. The second-order valence-electron chi connectivity index (χ2n) is 4.98. The van der Waals surface area contributed by atoms with Gasteiger partial charge in [-0.05, 0) is 43.2 Å². The molecule has 0 fully saturated rings. The van der Waals surface area contributed by atoms with Gasteiger partial charge in [0.25, 0.3) is 0 Å². The van der Waals surface area contributed by atoms with Crippen LogP contribution in [-0.2, 0) is 6.18 Å². The molecule has 0 atom stereocenters. The third-order valence-electron chi connectivity index (χ3n) is 2.88. The number of hydrogen-bond donors (Lipinski definition) is 1. The van der Waals surface area contributed by atoms with Gasteiger partial charge in [0.1, 0.15) is 5.82 Å². The van der Waals surface area contributed by atoms with Gasteiger partial charge in [-0.1, -0.05) is 26.0 Å². The molecule has 0 saturated heterocycles. The van der Waals surface area contributed by atoms with E-state index < -0.39 is 17.6 Å². The van der Waals surface area contributed by atoms with Crippen LogP contribution in [0.1, 0.15) is 38.3 Å². The lowest BCUT2D eigenvalue weighted by Crippen LogP contribution is -2.23. The summed E-state index contributed by atoms with van der Waals surface area (Å²) < 4.78 is 50.8. The minimum atomic E-state index is -4.65. The quantitative estimate of drug-likeness (QED) is 0.615. The number of alkyl halides is 3. The molecule has 1 N–H and O–H groups in total. The summed E-state index contributed by atoms with van der Waals surface area (Å²) in [5, 5.41) is 3.23. The normalized spacial score (nSPS) is 13.1. The highest BCUT2D eigenvalue weighted by molar-refractivity contribution is 5.64. The minimum Gasteiger partial charge on any atom is -0.314 e. The maximum absolute atomic E-state index is 13.4. The van der Waals surface area contributed by atoms with Gasteiger partial charge in [-0.2, -0.15) is 13.2 Å². The second-order valence-corrected chi connectivity index (χ2v) is 4.98. The molecule has 1 aromatic rings. The van der Waals surface area contributed by atoms with E-state index in [0.29, 0.717) is 11.6 Å². The molecular formula is C15H19F4N. The van der Waals surface area contributed by atoms with E-state index in [1.165, 1.54) is 6.07 Å². The largest absolute Gasteiger partial charge is 0.419 e. The average molecular weight is 289 g/mol. The fourth-order valence-corrected chi connectivity index (χ4v) is 1.77. The van der Waals surface area contributed by atoms with Gasteiger partial charge in [-0.25, -0.2) is 4.39 Å². The average Bonchev–Trinajstić information content (AvgIpc) is 2.32. The Bertz CT molecular complexity index is 475. The Morgan fingerprint density at radius 3 is 2.45 bits per heavy atom. The Kier molecular flexibility index (Phi) is 5.74. The summed E-state index contributed by atoms with van der Waals surface area (Å²) in [6, 6.07) is 3.40.